The third kappa shape index (κ3) is 27.7. The Labute approximate surface area is 192 Å². The lowest BCUT2D eigenvalue weighted by atomic mass is 10.0. The van der Waals surface area contributed by atoms with Gasteiger partial charge in [-0.05, 0) is 38.6 Å². The molecule has 1 nitrogen and oxygen atoms in total. The minimum absolute atomic E-state index is 0.863. The molecule has 0 aliphatic heterocycles. The van der Waals surface area contributed by atoms with Crippen LogP contribution in [0, 0.1) is 0 Å². The molecular formula is C29H59N. The molecule has 0 aromatic rings. The number of hydrogen-bond donors (Lipinski definition) is 1. The SMILES string of the molecule is CCCCCCCCCCCCCCCCCCCC=CCCCCCCCCN. The monoisotopic (exact) mass is 421 g/mol. The van der Waals surface area contributed by atoms with Crippen LogP contribution in [0.4, 0.5) is 0 Å². The van der Waals surface area contributed by atoms with E-state index in [-0.39, 0.29) is 0 Å². The highest BCUT2D eigenvalue weighted by Gasteiger charge is 1.95. The highest BCUT2D eigenvalue weighted by molar-refractivity contribution is 4.81. The zero-order chi connectivity index (χ0) is 21.8. The van der Waals surface area contributed by atoms with Gasteiger partial charge in [0.05, 0.1) is 0 Å². The molecule has 1 heteroatoms. The number of unbranched alkanes of at least 4 members (excludes halogenated alkanes) is 23. The molecule has 30 heavy (non-hydrogen) atoms. The predicted molar refractivity (Wildman–Crippen MR) is 139 cm³/mol. The van der Waals surface area contributed by atoms with Gasteiger partial charge in [0.15, 0.2) is 0 Å². The molecule has 0 atom stereocenters. The van der Waals surface area contributed by atoms with Crippen molar-refractivity contribution in [3.8, 4) is 0 Å². The van der Waals surface area contributed by atoms with Crippen LogP contribution in [-0.2, 0) is 0 Å². The van der Waals surface area contributed by atoms with Crippen LogP contribution in [0.5, 0.6) is 0 Å². The van der Waals surface area contributed by atoms with E-state index in [9.17, 15) is 0 Å². The summed E-state index contributed by atoms with van der Waals surface area (Å²) >= 11 is 0. The average Bonchev–Trinajstić information content (AvgIpc) is 2.76. The molecular weight excluding hydrogens is 362 g/mol. The highest BCUT2D eigenvalue weighted by atomic mass is 14.5. The van der Waals surface area contributed by atoms with Crippen LogP contribution in [0.25, 0.3) is 0 Å². The van der Waals surface area contributed by atoms with Crippen molar-refractivity contribution < 1.29 is 0 Å². The summed E-state index contributed by atoms with van der Waals surface area (Å²) in [5.41, 5.74) is 5.52. The molecule has 0 spiro atoms. The zero-order valence-electron chi connectivity index (χ0n) is 21.1. The molecule has 0 rings (SSSR count). The van der Waals surface area contributed by atoms with E-state index in [1.165, 1.54) is 161 Å². The second-order valence-electron chi connectivity index (χ2n) is 9.62. The third-order valence-electron chi connectivity index (χ3n) is 6.47. The number of nitrogens with two attached hydrogens (primary N) is 1. The van der Waals surface area contributed by atoms with Gasteiger partial charge in [-0.25, -0.2) is 0 Å². The molecule has 0 heterocycles. The van der Waals surface area contributed by atoms with E-state index in [1.54, 1.807) is 0 Å². The zero-order valence-corrected chi connectivity index (χ0v) is 21.1. The molecule has 0 amide bonds. The minimum Gasteiger partial charge on any atom is -0.330 e. The van der Waals surface area contributed by atoms with Crippen LogP contribution in [0.3, 0.4) is 0 Å². The van der Waals surface area contributed by atoms with Crippen molar-refractivity contribution in [2.75, 3.05) is 6.54 Å². The maximum absolute atomic E-state index is 5.52. The van der Waals surface area contributed by atoms with Crippen molar-refractivity contribution in [2.24, 2.45) is 5.73 Å². The van der Waals surface area contributed by atoms with E-state index < -0.39 is 0 Å². The van der Waals surface area contributed by atoms with Crippen LogP contribution < -0.4 is 5.73 Å². The van der Waals surface area contributed by atoms with Crippen molar-refractivity contribution >= 4 is 0 Å². The van der Waals surface area contributed by atoms with Crippen LogP contribution in [0.15, 0.2) is 12.2 Å². The first-order chi connectivity index (χ1) is 14.9. The van der Waals surface area contributed by atoms with Crippen molar-refractivity contribution in [3.63, 3.8) is 0 Å². The van der Waals surface area contributed by atoms with Crippen LogP contribution in [0.2, 0.25) is 0 Å². The molecule has 0 radical (unpaired) electrons. The minimum atomic E-state index is 0.863. The van der Waals surface area contributed by atoms with E-state index in [0.717, 1.165) is 6.54 Å². The molecule has 0 fully saturated rings. The smallest absolute Gasteiger partial charge is 0.00773 e. The van der Waals surface area contributed by atoms with E-state index >= 15 is 0 Å². The van der Waals surface area contributed by atoms with Gasteiger partial charge in [0.1, 0.15) is 0 Å². The Balaban J connectivity index is 3.04. The van der Waals surface area contributed by atoms with E-state index in [0.29, 0.717) is 0 Å². The summed E-state index contributed by atoms with van der Waals surface area (Å²) in [5, 5.41) is 0. The van der Waals surface area contributed by atoms with Crippen molar-refractivity contribution in [1.82, 2.24) is 0 Å². The second kappa shape index (κ2) is 28.7. The first-order valence-corrected chi connectivity index (χ1v) is 14.3. The lowest BCUT2D eigenvalue weighted by Gasteiger charge is -2.03. The predicted octanol–water partition coefficient (Wildman–Crippen LogP) is 10.3. The standard InChI is InChI=1S/C29H59N/c1-2-3-4-5-6-7-8-9-10-11-12-13-14-15-16-17-18-19-20-21-22-23-24-25-26-27-28-29-30/h20-21H,2-19,22-30H2,1H3. The summed E-state index contributed by atoms with van der Waals surface area (Å²) in [6.07, 6.45) is 40.3. The lowest BCUT2D eigenvalue weighted by Crippen LogP contribution is -1.97. The summed E-state index contributed by atoms with van der Waals surface area (Å²) in [4.78, 5) is 0. The quantitative estimate of drug-likeness (QED) is 0.109. The number of rotatable bonds is 26. The molecule has 0 saturated carbocycles. The van der Waals surface area contributed by atoms with E-state index in [4.69, 9.17) is 5.73 Å². The van der Waals surface area contributed by atoms with Gasteiger partial charge < -0.3 is 5.73 Å². The first kappa shape index (κ1) is 29.7. The Morgan fingerprint density at radius 2 is 0.633 bits per heavy atom. The summed E-state index contributed by atoms with van der Waals surface area (Å²) in [5.74, 6) is 0. The van der Waals surface area contributed by atoms with Crippen molar-refractivity contribution in [3.05, 3.63) is 12.2 Å². The number of allylic oxidation sites excluding steroid dienone is 2. The third-order valence-corrected chi connectivity index (χ3v) is 6.47. The van der Waals surface area contributed by atoms with Gasteiger partial charge in [-0.1, -0.05) is 147 Å². The first-order valence-electron chi connectivity index (χ1n) is 14.3. The van der Waals surface area contributed by atoms with Crippen LogP contribution >= 0.6 is 0 Å². The molecule has 0 aromatic carbocycles. The van der Waals surface area contributed by atoms with Gasteiger partial charge in [-0.3, -0.25) is 0 Å². The fourth-order valence-corrected chi connectivity index (χ4v) is 4.34. The molecule has 0 aliphatic rings. The Hall–Kier alpha value is -0.300. The highest BCUT2D eigenvalue weighted by Crippen LogP contribution is 2.14. The number of hydrogen-bond acceptors (Lipinski definition) is 1. The molecule has 0 aliphatic carbocycles. The summed E-state index contributed by atoms with van der Waals surface area (Å²) in [6, 6.07) is 0. The maximum Gasteiger partial charge on any atom is -0.00773 e. The molecule has 2 N–H and O–H groups in total. The van der Waals surface area contributed by atoms with Crippen molar-refractivity contribution in [1.29, 1.82) is 0 Å². The molecule has 0 aromatic heterocycles. The molecule has 0 bridgehead atoms. The fourth-order valence-electron chi connectivity index (χ4n) is 4.34. The van der Waals surface area contributed by atoms with E-state index in [1.807, 2.05) is 0 Å². The van der Waals surface area contributed by atoms with Crippen LogP contribution in [-0.4, -0.2) is 6.54 Å². The fraction of sp³-hybridized carbons (Fsp3) is 0.931. The van der Waals surface area contributed by atoms with Crippen LogP contribution in [0.1, 0.15) is 167 Å². The van der Waals surface area contributed by atoms with Gasteiger partial charge in [0.2, 0.25) is 0 Å². The summed E-state index contributed by atoms with van der Waals surface area (Å²) < 4.78 is 0. The molecule has 0 saturated heterocycles. The Kier molecular flexibility index (Phi) is 28.4. The largest absolute Gasteiger partial charge is 0.330 e. The van der Waals surface area contributed by atoms with Gasteiger partial charge in [0.25, 0.3) is 0 Å². The normalized spacial score (nSPS) is 11.7. The lowest BCUT2D eigenvalue weighted by molar-refractivity contribution is 0.527. The maximum atomic E-state index is 5.52. The summed E-state index contributed by atoms with van der Waals surface area (Å²) in [6.45, 7) is 3.16. The second-order valence-corrected chi connectivity index (χ2v) is 9.62. The Bertz CT molecular complexity index is 309. The van der Waals surface area contributed by atoms with Gasteiger partial charge in [-0.15, -0.1) is 0 Å². The average molecular weight is 422 g/mol. The van der Waals surface area contributed by atoms with Crippen molar-refractivity contribution in [2.45, 2.75) is 167 Å². The Morgan fingerprint density at radius 1 is 0.367 bits per heavy atom. The molecule has 0 unspecified atom stereocenters. The summed E-state index contributed by atoms with van der Waals surface area (Å²) in [7, 11) is 0. The Morgan fingerprint density at radius 3 is 0.933 bits per heavy atom. The van der Waals surface area contributed by atoms with E-state index in [2.05, 4.69) is 19.1 Å². The molecule has 180 valence electrons. The van der Waals surface area contributed by atoms with Gasteiger partial charge >= 0.3 is 0 Å². The topological polar surface area (TPSA) is 26.0 Å². The van der Waals surface area contributed by atoms with Gasteiger partial charge in [0, 0.05) is 0 Å². The van der Waals surface area contributed by atoms with Gasteiger partial charge in [-0.2, -0.15) is 0 Å².